The molecule has 0 radical (unpaired) electrons. The van der Waals surface area contributed by atoms with Crippen LogP contribution in [0.3, 0.4) is 0 Å². The molecule has 2 rings (SSSR count). The Kier molecular flexibility index (Phi) is 4.59. The summed E-state index contributed by atoms with van der Waals surface area (Å²) in [5, 5.41) is 3.13. The molecule has 0 heterocycles. The molecule has 1 amide bonds. The first kappa shape index (κ1) is 14.1. The molecule has 3 nitrogen and oxygen atoms in total. The Morgan fingerprint density at radius 2 is 2.11 bits per heavy atom. The van der Waals surface area contributed by atoms with E-state index in [9.17, 15) is 4.79 Å². The molecule has 0 aromatic heterocycles. The molecule has 0 bridgehead atoms. The van der Waals surface area contributed by atoms with Crippen LogP contribution in [-0.2, 0) is 4.79 Å². The van der Waals surface area contributed by atoms with E-state index < -0.39 is 0 Å². The van der Waals surface area contributed by atoms with E-state index in [-0.39, 0.29) is 23.9 Å². The Bertz CT molecular complexity index is 444. The lowest BCUT2D eigenvalue weighted by Gasteiger charge is -2.27. The van der Waals surface area contributed by atoms with Crippen LogP contribution in [-0.4, -0.2) is 11.9 Å². The quantitative estimate of drug-likeness (QED) is 0.878. The van der Waals surface area contributed by atoms with E-state index in [0.29, 0.717) is 0 Å². The minimum atomic E-state index is 0.0619. The van der Waals surface area contributed by atoms with Gasteiger partial charge in [-0.05, 0) is 44.2 Å². The molecule has 1 fully saturated rings. The SMILES string of the molecule is Cc1ccccc1C(C)NC(=O)C1CCCC(N)C1. The number of hydrogen-bond acceptors (Lipinski definition) is 2. The third-order valence-corrected chi connectivity index (χ3v) is 4.10. The van der Waals surface area contributed by atoms with E-state index >= 15 is 0 Å². The van der Waals surface area contributed by atoms with Gasteiger partial charge in [0.05, 0.1) is 6.04 Å². The van der Waals surface area contributed by atoms with Gasteiger partial charge >= 0.3 is 0 Å². The number of nitrogens with one attached hydrogen (secondary N) is 1. The Hall–Kier alpha value is -1.35. The van der Waals surface area contributed by atoms with Crippen molar-refractivity contribution < 1.29 is 4.79 Å². The number of amides is 1. The molecular weight excluding hydrogens is 236 g/mol. The smallest absolute Gasteiger partial charge is 0.223 e. The van der Waals surface area contributed by atoms with E-state index in [1.165, 1.54) is 11.1 Å². The van der Waals surface area contributed by atoms with Crippen LogP contribution < -0.4 is 11.1 Å². The summed E-state index contributed by atoms with van der Waals surface area (Å²) in [6, 6.07) is 8.45. The van der Waals surface area contributed by atoms with E-state index in [2.05, 4.69) is 24.4 Å². The number of carbonyl (C=O) groups is 1. The van der Waals surface area contributed by atoms with Gasteiger partial charge in [0.25, 0.3) is 0 Å². The highest BCUT2D eigenvalue weighted by Gasteiger charge is 2.26. The molecule has 1 aromatic carbocycles. The van der Waals surface area contributed by atoms with Crippen LogP contribution in [0, 0.1) is 12.8 Å². The normalized spacial score (nSPS) is 24.8. The highest BCUT2D eigenvalue weighted by atomic mass is 16.1. The van der Waals surface area contributed by atoms with Crippen LogP contribution in [0.1, 0.15) is 49.8 Å². The van der Waals surface area contributed by atoms with Crippen LogP contribution in [0.15, 0.2) is 24.3 Å². The first-order valence-corrected chi connectivity index (χ1v) is 7.19. The summed E-state index contributed by atoms with van der Waals surface area (Å²) in [6.07, 6.45) is 3.92. The van der Waals surface area contributed by atoms with Gasteiger partial charge in [-0.2, -0.15) is 0 Å². The first-order valence-electron chi connectivity index (χ1n) is 7.19. The number of aryl methyl sites for hydroxylation is 1. The molecule has 1 saturated carbocycles. The Morgan fingerprint density at radius 3 is 2.79 bits per heavy atom. The van der Waals surface area contributed by atoms with Gasteiger partial charge < -0.3 is 11.1 Å². The minimum absolute atomic E-state index is 0.0619. The number of carbonyl (C=O) groups excluding carboxylic acids is 1. The van der Waals surface area contributed by atoms with Crippen LogP contribution in [0.4, 0.5) is 0 Å². The largest absolute Gasteiger partial charge is 0.349 e. The number of hydrogen-bond donors (Lipinski definition) is 2. The van der Waals surface area contributed by atoms with Gasteiger partial charge in [0.15, 0.2) is 0 Å². The van der Waals surface area contributed by atoms with Gasteiger partial charge in [-0.25, -0.2) is 0 Å². The Labute approximate surface area is 115 Å². The van der Waals surface area contributed by atoms with Crippen molar-refractivity contribution in [3.05, 3.63) is 35.4 Å². The fourth-order valence-electron chi connectivity index (χ4n) is 2.95. The molecule has 0 aliphatic heterocycles. The highest BCUT2D eigenvalue weighted by Crippen LogP contribution is 2.24. The van der Waals surface area contributed by atoms with Gasteiger partial charge in [0, 0.05) is 12.0 Å². The maximum Gasteiger partial charge on any atom is 0.223 e. The fourth-order valence-corrected chi connectivity index (χ4v) is 2.95. The Balaban J connectivity index is 1.97. The third-order valence-electron chi connectivity index (χ3n) is 4.10. The molecule has 3 heteroatoms. The molecule has 1 aliphatic carbocycles. The third kappa shape index (κ3) is 3.57. The summed E-state index contributed by atoms with van der Waals surface area (Å²) in [6.45, 7) is 4.12. The molecule has 3 N–H and O–H groups in total. The molecule has 0 saturated heterocycles. The minimum Gasteiger partial charge on any atom is -0.349 e. The van der Waals surface area contributed by atoms with Crippen molar-refractivity contribution in [1.29, 1.82) is 0 Å². The van der Waals surface area contributed by atoms with Crippen molar-refractivity contribution in [1.82, 2.24) is 5.32 Å². The van der Waals surface area contributed by atoms with Crippen molar-refractivity contribution in [3.8, 4) is 0 Å². The van der Waals surface area contributed by atoms with Crippen molar-refractivity contribution in [3.63, 3.8) is 0 Å². The van der Waals surface area contributed by atoms with Gasteiger partial charge in [-0.1, -0.05) is 30.7 Å². The molecule has 19 heavy (non-hydrogen) atoms. The lowest BCUT2D eigenvalue weighted by molar-refractivity contribution is -0.126. The number of rotatable bonds is 3. The second-order valence-corrected chi connectivity index (χ2v) is 5.71. The van der Waals surface area contributed by atoms with Gasteiger partial charge in [0.2, 0.25) is 5.91 Å². The summed E-state index contributed by atoms with van der Waals surface area (Å²) >= 11 is 0. The monoisotopic (exact) mass is 260 g/mol. The van der Waals surface area contributed by atoms with E-state index in [1.807, 2.05) is 19.1 Å². The van der Waals surface area contributed by atoms with Crippen molar-refractivity contribution in [2.24, 2.45) is 11.7 Å². The molecule has 1 aliphatic rings. The van der Waals surface area contributed by atoms with Crippen molar-refractivity contribution in [2.75, 3.05) is 0 Å². The van der Waals surface area contributed by atoms with Gasteiger partial charge in [-0.15, -0.1) is 0 Å². The van der Waals surface area contributed by atoms with E-state index in [0.717, 1.165) is 25.7 Å². The average molecular weight is 260 g/mol. The van der Waals surface area contributed by atoms with Crippen molar-refractivity contribution in [2.45, 2.75) is 51.6 Å². The highest BCUT2D eigenvalue weighted by molar-refractivity contribution is 5.79. The predicted molar refractivity (Wildman–Crippen MR) is 77.7 cm³/mol. The number of benzene rings is 1. The second-order valence-electron chi connectivity index (χ2n) is 5.71. The molecule has 104 valence electrons. The van der Waals surface area contributed by atoms with Crippen LogP contribution >= 0.6 is 0 Å². The van der Waals surface area contributed by atoms with Crippen LogP contribution in [0.25, 0.3) is 0 Å². The molecular formula is C16H24N2O. The van der Waals surface area contributed by atoms with Gasteiger partial charge in [-0.3, -0.25) is 4.79 Å². The molecule has 3 atom stereocenters. The summed E-state index contributed by atoms with van der Waals surface area (Å²) in [5.41, 5.74) is 8.36. The maximum absolute atomic E-state index is 12.3. The van der Waals surface area contributed by atoms with E-state index in [1.54, 1.807) is 0 Å². The summed E-state index contributed by atoms with van der Waals surface area (Å²) in [5.74, 6) is 0.251. The molecule has 1 aromatic rings. The predicted octanol–water partition coefficient (Wildman–Crippen LogP) is 2.69. The van der Waals surface area contributed by atoms with Crippen LogP contribution in [0.5, 0.6) is 0 Å². The van der Waals surface area contributed by atoms with E-state index in [4.69, 9.17) is 5.73 Å². The summed E-state index contributed by atoms with van der Waals surface area (Å²) < 4.78 is 0. The van der Waals surface area contributed by atoms with Gasteiger partial charge in [0.1, 0.15) is 0 Å². The topological polar surface area (TPSA) is 55.1 Å². The maximum atomic E-state index is 12.3. The summed E-state index contributed by atoms with van der Waals surface area (Å²) in [4.78, 5) is 12.3. The fraction of sp³-hybridized carbons (Fsp3) is 0.562. The first-order chi connectivity index (χ1) is 9.08. The summed E-state index contributed by atoms with van der Waals surface area (Å²) in [7, 11) is 0. The second kappa shape index (κ2) is 6.20. The lowest BCUT2D eigenvalue weighted by Crippen LogP contribution is -2.38. The van der Waals surface area contributed by atoms with Crippen molar-refractivity contribution >= 4 is 5.91 Å². The average Bonchev–Trinajstić information content (AvgIpc) is 2.39. The standard InChI is InChI=1S/C16H24N2O/c1-11-6-3-4-9-15(11)12(2)18-16(19)13-7-5-8-14(17)10-13/h3-4,6,9,12-14H,5,7-8,10,17H2,1-2H3,(H,18,19). The zero-order valence-corrected chi connectivity index (χ0v) is 11.9. The number of nitrogens with two attached hydrogens (primary N) is 1. The zero-order valence-electron chi connectivity index (χ0n) is 11.9. The lowest BCUT2D eigenvalue weighted by atomic mass is 9.85. The van der Waals surface area contributed by atoms with Crippen LogP contribution in [0.2, 0.25) is 0 Å². The Morgan fingerprint density at radius 1 is 1.37 bits per heavy atom. The zero-order chi connectivity index (χ0) is 13.8. The molecule has 3 unspecified atom stereocenters. The molecule has 0 spiro atoms.